The number of carbonyl (C=O) groups excluding carboxylic acids is 3. The Bertz CT molecular complexity index is 2150. The first-order valence-electron chi connectivity index (χ1n) is 15.3. The van der Waals surface area contributed by atoms with E-state index in [0.29, 0.717) is 18.5 Å². The molecule has 1 saturated heterocycles. The molecule has 10 heteroatoms. The highest BCUT2D eigenvalue weighted by atomic mass is 16.6. The molecule has 5 heterocycles. The summed E-state index contributed by atoms with van der Waals surface area (Å²) in [4.78, 5) is 41.1. The molecule has 45 heavy (non-hydrogen) atoms. The van der Waals surface area contributed by atoms with Crippen LogP contribution in [0.15, 0.2) is 48.5 Å². The van der Waals surface area contributed by atoms with Gasteiger partial charge in [0.25, 0.3) is 5.91 Å². The Labute approximate surface area is 259 Å². The summed E-state index contributed by atoms with van der Waals surface area (Å²) in [5.74, 6) is 1.88. The van der Waals surface area contributed by atoms with Crippen LogP contribution in [-0.4, -0.2) is 64.6 Å². The van der Waals surface area contributed by atoms with Gasteiger partial charge in [-0.2, -0.15) is 0 Å². The quantitative estimate of drug-likeness (QED) is 0.284. The Kier molecular flexibility index (Phi) is 6.04. The topological polar surface area (TPSA) is 107 Å². The lowest BCUT2D eigenvalue weighted by atomic mass is 9.91. The average Bonchev–Trinajstić information content (AvgIpc) is 3.69. The maximum absolute atomic E-state index is 13.6. The number of rotatable bonds is 6. The third-order valence-electron chi connectivity index (χ3n) is 10.0. The molecule has 0 saturated carbocycles. The zero-order chi connectivity index (χ0) is 31.2. The molecule has 3 aromatic carbocycles. The number of terminal acetylenes is 1. The molecule has 0 radical (unpaired) electrons. The standard InChI is InChI=1S/C35H33N5O5/c1-5-16-36-25(41)14-15-26(42)38(3)24-17-27-39-22-12-8-6-10-19(22)29-30-21(18-37-34(30)43)28-20-11-7-9-13-23(20)40(32(28)31(29)39)35(2,45-27)33(24)44-4/h1,6-13,24,27,33H,14-18H2,2-4H3,(H,36,41)(H,37,43)/t24-,27-,33-,35+/m1/s1. The summed E-state index contributed by atoms with van der Waals surface area (Å²) in [6, 6.07) is 16.0. The average molecular weight is 604 g/mol. The van der Waals surface area contributed by atoms with E-state index in [1.807, 2.05) is 31.2 Å². The van der Waals surface area contributed by atoms with Crippen LogP contribution in [0, 0.1) is 12.3 Å². The van der Waals surface area contributed by atoms with Crippen LogP contribution in [0.3, 0.4) is 0 Å². The number of benzene rings is 3. The highest BCUT2D eigenvalue weighted by molar-refractivity contribution is 6.31. The number of methoxy groups -OCH3 is 1. The summed E-state index contributed by atoms with van der Waals surface area (Å²) >= 11 is 0. The van der Waals surface area contributed by atoms with Crippen molar-refractivity contribution in [2.45, 2.75) is 56.8 Å². The third kappa shape index (κ3) is 3.62. The number of carbonyl (C=O) groups is 3. The van der Waals surface area contributed by atoms with Gasteiger partial charge in [-0.05, 0) is 24.6 Å². The third-order valence-corrected chi connectivity index (χ3v) is 10.0. The molecule has 0 spiro atoms. The molecule has 5 aromatic rings. The molecule has 4 atom stereocenters. The van der Waals surface area contributed by atoms with Crippen LogP contribution in [0.25, 0.3) is 43.6 Å². The Morgan fingerprint density at radius 3 is 2.56 bits per heavy atom. The Morgan fingerprint density at radius 2 is 1.82 bits per heavy atom. The minimum Gasteiger partial charge on any atom is -0.374 e. The lowest BCUT2D eigenvalue weighted by Crippen LogP contribution is -2.61. The Morgan fingerprint density at radius 1 is 1.11 bits per heavy atom. The van der Waals surface area contributed by atoms with Crippen molar-refractivity contribution in [3.05, 3.63) is 59.7 Å². The number of nitrogens with one attached hydrogen (secondary N) is 2. The Balaban J connectivity index is 1.39. The number of para-hydroxylation sites is 2. The molecular weight excluding hydrogens is 570 g/mol. The molecular formula is C35H33N5O5. The van der Waals surface area contributed by atoms with Gasteiger partial charge in [-0.1, -0.05) is 42.3 Å². The van der Waals surface area contributed by atoms with Crippen LogP contribution < -0.4 is 10.6 Å². The van der Waals surface area contributed by atoms with Gasteiger partial charge in [0.2, 0.25) is 11.8 Å². The summed E-state index contributed by atoms with van der Waals surface area (Å²) in [5.41, 5.74) is 4.52. The fourth-order valence-corrected chi connectivity index (χ4v) is 8.21. The molecule has 3 aliphatic heterocycles. The molecule has 1 fully saturated rings. The Hall–Kier alpha value is -4.85. The second kappa shape index (κ2) is 9.83. The normalized spacial score (nSPS) is 23.3. The van der Waals surface area contributed by atoms with Gasteiger partial charge in [-0.15, -0.1) is 6.42 Å². The van der Waals surface area contributed by atoms with Crippen LogP contribution >= 0.6 is 0 Å². The molecule has 0 aliphatic carbocycles. The monoisotopic (exact) mass is 603 g/mol. The molecule has 3 aliphatic rings. The summed E-state index contributed by atoms with van der Waals surface area (Å²) in [5, 5.41) is 9.69. The zero-order valence-electron chi connectivity index (χ0n) is 25.3. The lowest BCUT2D eigenvalue weighted by Gasteiger charge is -2.50. The number of likely N-dealkylation sites (N-methyl/N-ethyl adjacent to an activating group) is 1. The molecule has 228 valence electrons. The van der Waals surface area contributed by atoms with Gasteiger partial charge in [0.05, 0.1) is 40.2 Å². The van der Waals surface area contributed by atoms with Gasteiger partial charge in [-0.3, -0.25) is 14.4 Å². The van der Waals surface area contributed by atoms with Crippen molar-refractivity contribution in [1.29, 1.82) is 0 Å². The maximum Gasteiger partial charge on any atom is 0.252 e. The van der Waals surface area contributed by atoms with E-state index in [9.17, 15) is 14.4 Å². The predicted molar refractivity (Wildman–Crippen MR) is 170 cm³/mol. The molecule has 8 rings (SSSR count). The number of ether oxygens (including phenoxy) is 2. The first-order valence-corrected chi connectivity index (χ1v) is 15.3. The van der Waals surface area contributed by atoms with Crippen LogP contribution in [-0.2, 0) is 31.3 Å². The van der Waals surface area contributed by atoms with E-state index in [0.717, 1.165) is 49.2 Å². The smallest absolute Gasteiger partial charge is 0.252 e. The summed E-state index contributed by atoms with van der Waals surface area (Å²) < 4.78 is 17.9. The van der Waals surface area contributed by atoms with E-state index in [1.54, 1.807) is 19.1 Å². The number of hydrogen-bond donors (Lipinski definition) is 2. The highest BCUT2D eigenvalue weighted by Crippen LogP contribution is 2.54. The number of amides is 3. The second-order valence-corrected chi connectivity index (χ2v) is 12.3. The SMILES string of the molecule is C#CCNC(=O)CCC(=O)N(C)[C@@H]1C[C@H]2O[C@@](C)([C@@H]1OC)n1c3ccccc3c3c4c(c5c6ccccc6n2c5c31)C(=O)NC4. The first kappa shape index (κ1) is 27.7. The minimum atomic E-state index is -1.04. The van der Waals surface area contributed by atoms with E-state index >= 15 is 0 Å². The summed E-state index contributed by atoms with van der Waals surface area (Å²) in [7, 11) is 3.43. The molecule has 0 unspecified atom stereocenters. The second-order valence-electron chi connectivity index (χ2n) is 12.3. The van der Waals surface area contributed by atoms with Crippen molar-refractivity contribution < 1.29 is 23.9 Å². The fraction of sp³-hybridized carbons (Fsp3) is 0.343. The van der Waals surface area contributed by atoms with Crippen LogP contribution in [0.1, 0.15) is 48.3 Å². The van der Waals surface area contributed by atoms with Gasteiger partial charge < -0.3 is 34.1 Å². The molecule has 2 aromatic heterocycles. The van der Waals surface area contributed by atoms with E-state index in [1.165, 1.54) is 0 Å². The van der Waals surface area contributed by atoms with E-state index in [-0.39, 0.29) is 37.1 Å². The van der Waals surface area contributed by atoms with E-state index < -0.39 is 24.1 Å². The number of fused-ring (bicyclic) bond motifs is 13. The van der Waals surface area contributed by atoms with Crippen molar-refractivity contribution >= 4 is 61.3 Å². The van der Waals surface area contributed by atoms with Gasteiger partial charge in [0.1, 0.15) is 12.3 Å². The summed E-state index contributed by atoms with van der Waals surface area (Å²) in [6.07, 6.45) is 4.75. The fourth-order valence-electron chi connectivity index (χ4n) is 8.21. The van der Waals surface area contributed by atoms with Gasteiger partial charge >= 0.3 is 0 Å². The van der Waals surface area contributed by atoms with Crippen LogP contribution in [0.4, 0.5) is 0 Å². The predicted octanol–water partition coefficient (Wildman–Crippen LogP) is 4.12. The van der Waals surface area contributed by atoms with Gasteiger partial charge in [0, 0.05) is 61.5 Å². The number of aromatic nitrogens is 2. The zero-order valence-corrected chi connectivity index (χ0v) is 25.3. The van der Waals surface area contributed by atoms with E-state index in [4.69, 9.17) is 15.9 Å². The van der Waals surface area contributed by atoms with Crippen LogP contribution in [0.2, 0.25) is 0 Å². The number of hydrogen-bond acceptors (Lipinski definition) is 5. The highest BCUT2D eigenvalue weighted by Gasteiger charge is 2.54. The van der Waals surface area contributed by atoms with Crippen molar-refractivity contribution in [2.75, 3.05) is 20.7 Å². The van der Waals surface area contributed by atoms with Crippen LogP contribution in [0.5, 0.6) is 0 Å². The first-order chi connectivity index (χ1) is 21.8. The largest absolute Gasteiger partial charge is 0.374 e. The molecule has 10 nitrogen and oxygen atoms in total. The number of nitrogens with zero attached hydrogens (tertiary/aromatic N) is 3. The molecule has 2 N–H and O–H groups in total. The van der Waals surface area contributed by atoms with Crippen molar-refractivity contribution in [1.82, 2.24) is 24.7 Å². The van der Waals surface area contributed by atoms with Crippen molar-refractivity contribution in [3.8, 4) is 12.3 Å². The molecule has 2 bridgehead atoms. The van der Waals surface area contributed by atoms with E-state index in [2.05, 4.69) is 50.0 Å². The van der Waals surface area contributed by atoms with Gasteiger partial charge in [-0.25, -0.2) is 0 Å². The molecule has 3 amide bonds. The van der Waals surface area contributed by atoms with Crippen molar-refractivity contribution in [3.63, 3.8) is 0 Å². The maximum atomic E-state index is 13.6. The van der Waals surface area contributed by atoms with Crippen molar-refractivity contribution in [2.24, 2.45) is 0 Å². The summed E-state index contributed by atoms with van der Waals surface area (Å²) in [6.45, 7) is 2.60. The lowest BCUT2D eigenvalue weighted by molar-refractivity contribution is -0.266. The van der Waals surface area contributed by atoms with Gasteiger partial charge in [0.15, 0.2) is 5.72 Å². The minimum absolute atomic E-state index is 0.0389.